The minimum atomic E-state index is -4.81. The highest BCUT2D eigenvalue weighted by Crippen LogP contribution is 2.27. The van der Waals surface area contributed by atoms with E-state index in [4.69, 9.17) is 5.73 Å². The Labute approximate surface area is 174 Å². The van der Waals surface area contributed by atoms with E-state index < -0.39 is 18.0 Å². The molecule has 1 heterocycles. The second-order valence-corrected chi connectivity index (χ2v) is 6.61. The maximum atomic E-state index is 12.6. The van der Waals surface area contributed by atoms with Crippen LogP contribution >= 0.6 is 0 Å². The lowest BCUT2D eigenvalue weighted by molar-refractivity contribution is -0.274. The van der Waals surface area contributed by atoms with Gasteiger partial charge in [-0.2, -0.15) is 0 Å². The summed E-state index contributed by atoms with van der Waals surface area (Å²) in [7, 11) is 0. The molecular formula is C22H15F3N4O2. The zero-order valence-electron chi connectivity index (χ0n) is 15.9. The number of carbonyl (C=O) groups is 1. The van der Waals surface area contributed by atoms with E-state index in [1.165, 1.54) is 12.1 Å². The molecular weight excluding hydrogens is 409 g/mol. The third-order valence-electron chi connectivity index (χ3n) is 4.38. The molecule has 4 rings (SSSR count). The summed E-state index contributed by atoms with van der Waals surface area (Å²) in [5.41, 5.74) is 8.44. The van der Waals surface area contributed by atoms with Crippen molar-refractivity contribution in [3.05, 3.63) is 78.5 Å². The van der Waals surface area contributed by atoms with Gasteiger partial charge in [-0.25, -0.2) is 9.97 Å². The fourth-order valence-corrected chi connectivity index (χ4v) is 3.04. The van der Waals surface area contributed by atoms with Crippen LogP contribution in [0, 0.1) is 0 Å². The van der Waals surface area contributed by atoms with Gasteiger partial charge in [0.1, 0.15) is 5.75 Å². The summed E-state index contributed by atoms with van der Waals surface area (Å²) < 4.78 is 41.1. The fourth-order valence-electron chi connectivity index (χ4n) is 3.04. The van der Waals surface area contributed by atoms with E-state index in [-0.39, 0.29) is 11.6 Å². The second-order valence-electron chi connectivity index (χ2n) is 6.61. The molecule has 0 atom stereocenters. The molecule has 0 fully saturated rings. The summed E-state index contributed by atoms with van der Waals surface area (Å²) in [6.07, 6.45) is -3.19. The van der Waals surface area contributed by atoms with Gasteiger partial charge in [-0.3, -0.25) is 4.79 Å². The Kier molecular flexibility index (Phi) is 5.16. The summed E-state index contributed by atoms with van der Waals surface area (Å²) in [5.74, 6) is -0.704. The van der Waals surface area contributed by atoms with Gasteiger partial charge >= 0.3 is 6.36 Å². The first-order valence-electron chi connectivity index (χ1n) is 9.07. The second kappa shape index (κ2) is 7.94. The van der Waals surface area contributed by atoms with Crippen molar-refractivity contribution in [3.63, 3.8) is 0 Å². The number of anilines is 2. The van der Waals surface area contributed by atoms with Crippen LogP contribution < -0.4 is 15.8 Å². The Morgan fingerprint density at radius 2 is 1.74 bits per heavy atom. The van der Waals surface area contributed by atoms with Crippen molar-refractivity contribution in [2.75, 3.05) is 11.1 Å². The van der Waals surface area contributed by atoms with Crippen molar-refractivity contribution in [1.82, 2.24) is 9.97 Å². The summed E-state index contributed by atoms with van der Waals surface area (Å²) >= 11 is 0. The third kappa shape index (κ3) is 4.89. The fraction of sp³-hybridized carbons (Fsp3) is 0.0455. The number of hydrogen-bond donors (Lipinski definition) is 2. The molecule has 0 aliphatic rings. The van der Waals surface area contributed by atoms with Crippen molar-refractivity contribution in [1.29, 1.82) is 0 Å². The molecule has 9 heteroatoms. The third-order valence-corrected chi connectivity index (χ3v) is 4.38. The number of nitrogens with one attached hydrogen (secondary N) is 1. The Morgan fingerprint density at radius 3 is 2.55 bits per heavy atom. The minimum Gasteiger partial charge on any atom is -0.406 e. The molecule has 3 N–H and O–H groups in total. The number of ether oxygens (including phenoxy) is 1. The van der Waals surface area contributed by atoms with Gasteiger partial charge in [-0.15, -0.1) is 13.2 Å². The predicted octanol–water partition coefficient (Wildman–Crippen LogP) is 5.03. The Morgan fingerprint density at radius 1 is 0.968 bits per heavy atom. The smallest absolute Gasteiger partial charge is 0.406 e. The molecule has 0 aliphatic carbocycles. The van der Waals surface area contributed by atoms with Crippen LogP contribution in [0.4, 0.5) is 24.8 Å². The molecule has 156 valence electrons. The maximum absolute atomic E-state index is 12.6. The number of alkyl halides is 3. The number of halogens is 3. The largest absolute Gasteiger partial charge is 0.573 e. The number of amides is 1. The van der Waals surface area contributed by atoms with E-state index in [1.807, 2.05) is 24.3 Å². The zero-order valence-corrected chi connectivity index (χ0v) is 15.9. The average molecular weight is 424 g/mol. The molecule has 0 unspecified atom stereocenters. The summed E-state index contributed by atoms with van der Waals surface area (Å²) in [6.45, 7) is 0. The van der Waals surface area contributed by atoms with Gasteiger partial charge in [0.05, 0.1) is 5.52 Å². The van der Waals surface area contributed by atoms with Gasteiger partial charge in [0, 0.05) is 28.9 Å². The van der Waals surface area contributed by atoms with Crippen LogP contribution in [0.15, 0.2) is 72.9 Å². The molecule has 0 radical (unpaired) electrons. The Balaban J connectivity index is 1.56. The molecule has 1 aromatic heterocycles. The molecule has 31 heavy (non-hydrogen) atoms. The summed E-state index contributed by atoms with van der Waals surface area (Å²) in [6, 6.07) is 17.5. The van der Waals surface area contributed by atoms with Crippen LogP contribution in [0.2, 0.25) is 0 Å². The first-order chi connectivity index (χ1) is 14.8. The number of nitrogens with two attached hydrogens (primary N) is 1. The minimum absolute atomic E-state index is 0.178. The molecule has 1 amide bonds. The van der Waals surface area contributed by atoms with E-state index >= 15 is 0 Å². The number of benzene rings is 3. The zero-order chi connectivity index (χ0) is 22.0. The molecule has 3 aromatic carbocycles. The van der Waals surface area contributed by atoms with Gasteiger partial charge in [-0.1, -0.05) is 24.3 Å². The predicted molar refractivity (Wildman–Crippen MR) is 110 cm³/mol. The molecule has 0 spiro atoms. The van der Waals surface area contributed by atoms with E-state index in [0.29, 0.717) is 11.1 Å². The van der Waals surface area contributed by atoms with Crippen LogP contribution in [0.25, 0.3) is 22.0 Å². The Bertz CT molecular complexity index is 1280. The standard InChI is InChI=1S/C22H15F3N4O2/c23-22(24,25)31-18-6-2-5-17(11-18)28-20(30)15-4-1-3-13(9-15)14-7-8-19-16(10-14)12-27-21(26)29-19/h1-12H,(H,28,30)(H2,26,27,29). The van der Waals surface area contributed by atoms with Crippen LogP contribution in [-0.4, -0.2) is 22.2 Å². The lowest BCUT2D eigenvalue weighted by atomic mass is 10.0. The SMILES string of the molecule is Nc1ncc2cc(-c3cccc(C(=O)Nc4cccc(OC(F)(F)F)c4)c3)ccc2n1. The van der Waals surface area contributed by atoms with Crippen molar-refractivity contribution >= 4 is 28.4 Å². The molecule has 0 saturated heterocycles. The normalized spacial score (nSPS) is 11.3. The van der Waals surface area contributed by atoms with Crippen LogP contribution in [0.5, 0.6) is 5.75 Å². The number of rotatable bonds is 4. The summed E-state index contributed by atoms with van der Waals surface area (Å²) in [4.78, 5) is 20.8. The van der Waals surface area contributed by atoms with E-state index in [9.17, 15) is 18.0 Å². The topological polar surface area (TPSA) is 90.1 Å². The van der Waals surface area contributed by atoms with Gasteiger partial charge in [0.25, 0.3) is 5.91 Å². The molecule has 0 saturated carbocycles. The number of hydrogen-bond acceptors (Lipinski definition) is 5. The number of fused-ring (bicyclic) bond motifs is 1. The molecule has 0 bridgehead atoms. The highest BCUT2D eigenvalue weighted by atomic mass is 19.4. The summed E-state index contributed by atoms with van der Waals surface area (Å²) in [5, 5.41) is 3.37. The van der Waals surface area contributed by atoms with Gasteiger partial charge in [0.15, 0.2) is 0 Å². The molecule has 4 aromatic rings. The first-order valence-corrected chi connectivity index (χ1v) is 9.07. The number of nitrogens with zero attached hydrogens (tertiary/aromatic N) is 2. The van der Waals surface area contributed by atoms with E-state index in [1.54, 1.807) is 24.4 Å². The van der Waals surface area contributed by atoms with Crippen LogP contribution in [0.1, 0.15) is 10.4 Å². The van der Waals surface area contributed by atoms with E-state index in [0.717, 1.165) is 28.6 Å². The van der Waals surface area contributed by atoms with Crippen molar-refractivity contribution in [2.24, 2.45) is 0 Å². The lowest BCUT2D eigenvalue weighted by Crippen LogP contribution is -2.17. The first kappa shape index (κ1) is 20.1. The van der Waals surface area contributed by atoms with Gasteiger partial charge < -0.3 is 15.8 Å². The van der Waals surface area contributed by atoms with Crippen molar-refractivity contribution in [3.8, 4) is 16.9 Å². The van der Waals surface area contributed by atoms with Crippen molar-refractivity contribution in [2.45, 2.75) is 6.36 Å². The number of carbonyl (C=O) groups excluding carboxylic acids is 1. The van der Waals surface area contributed by atoms with Gasteiger partial charge in [-0.05, 0) is 47.5 Å². The quantitative estimate of drug-likeness (QED) is 0.480. The van der Waals surface area contributed by atoms with E-state index in [2.05, 4.69) is 20.0 Å². The van der Waals surface area contributed by atoms with Crippen LogP contribution in [-0.2, 0) is 0 Å². The number of aromatic nitrogens is 2. The van der Waals surface area contributed by atoms with Crippen LogP contribution in [0.3, 0.4) is 0 Å². The van der Waals surface area contributed by atoms with Gasteiger partial charge in [0.2, 0.25) is 5.95 Å². The molecule has 0 aliphatic heterocycles. The highest BCUT2D eigenvalue weighted by molar-refractivity contribution is 6.05. The maximum Gasteiger partial charge on any atom is 0.573 e. The Hall–Kier alpha value is -4.14. The highest BCUT2D eigenvalue weighted by Gasteiger charge is 2.31. The van der Waals surface area contributed by atoms with Crippen molar-refractivity contribution < 1.29 is 22.7 Å². The molecule has 6 nitrogen and oxygen atoms in total. The monoisotopic (exact) mass is 424 g/mol. The number of nitrogen functional groups attached to an aromatic ring is 1. The average Bonchev–Trinajstić information content (AvgIpc) is 2.72. The lowest BCUT2D eigenvalue weighted by Gasteiger charge is -2.11.